The van der Waals surface area contributed by atoms with Crippen LogP contribution >= 0.6 is 11.3 Å². The minimum atomic E-state index is -0.476. The fourth-order valence-corrected chi connectivity index (χ4v) is 3.74. The van der Waals surface area contributed by atoms with E-state index in [1.54, 1.807) is 22.9 Å². The van der Waals surface area contributed by atoms with E-state index in [0.29, 0.717) is 16.4 Å². The molecule has 28 heavy (non-hydrogen) atoms. The van der Waals surface area contributed by atoms with Crippen LogP contribution in [0.3, 0.4) is 0 Å². The fraction of sp³-hybridized carbons (Fsp3) is 0.263. The van der Waals surface area contributed by atoms with E-state index in [-0.39, 0.29) is 24.2 Å². The Bertz CT molecular complexity index is 1140. The number of ether oxygens (including phenoxy) is 1. The van der Waals surface area contributed by atoms with E-state index in [9.17, 15) is 9.18 Å². The molecule has 0 unspecified atom stereocenters. The van der Waals surface area contributed by atoms with Crippen LogP contribution in [0.5, 0.6) is 0 Å². The van der Waals surface area contributed by atoms with Crippen LogP contribution < -0.4 is 0 Å². The lowest BCUT2D eigenvalue weighted by atomic mass is 10.2. The largest absolute Gasteiger partial charge is 0.451 e. The Hall–Kier alpha value is -3.07. The molecule has 0 N–H and O–H groups in total. The van der Waals surface area contributed by atoms with Crippen LogP contribution in [0.1, 0.15) is 46.8 Å². The molecule has 0 saturated carbocycles. The van der Waals surface area contributed by atoms with E-state index in [2.05, 4.69) is 15.2 Å². The number of fused-ring (bicyclic) bond motifs is 1. The number of halogens is 1. The average molecular weight is 400 g/mol. The second kappa shape index (κ2) is 7.16. The SMILES string of the molecule is Cc1nn(-c2ccc(F)cc2)c2sc(C(=O)OCc3nc(C(C)C)no3)cc12. The van der Waals surface area contributed by atoms with Gasteiger partial charge in [-0.1, -0.05) is 19.0 Å². The molecule has 0 spiro atoms. The summed E-state index contributed by atoms with van der Waals surface area (Å²) in [5.74, 6) is 0.166. The monoisotopic (exact) mass is 400 g/mol. The highest BCUT2D eigenvalue weighted by atomic mass is 32.1. The lowest BCUT2D eigenvalue weighted by molar-refractivity contribution is 0.0435. The minimum absolute atomic E-state index is 0.0874. The van der Waals surface area contributed by atoms with Crippen LogP contribution in [0.2, 0.25) is 0 Å². The Kier molecular flexibility index (Phi) is 4.68. The third kappa shape index (κ3) is 3.40. The molecule has 0 amide bonds. The minimum Gasteiger partial charge on any atom is -0.451 e. The molecule has 0 bridgehead atoms. The molecule has 0 aliphatic rings. The van der Waals surface area contributed by atoms with Crippen molar-refractivity contribution in [2.75, 3.05) is 0 Å². The topological polar surface area (TPSA) is 83.0 Å². The number of thiophene rings is 1. The van der Waals surface area contributed by atoms with E-state index in [0.717, 1.165) is 15.9 Å². The summed E-state index contributed by atoms with van der Waals surface area (Å²) >= 11 is 1.26. The van der Waals surface area contributed by atoms with E-state index in [1.807, 2.05) is 20.8 Å². The third-order valence-electron chi connectivity index (χ3n) is 4.14. The number of hydrogen-bond acceptors (Lipinski definition) is 7. The molecule has 0 saturated heterocycles. The van der Waals surface area contributed by atoms with Crippen molar-refractivity contribution in [3.05, 3.63) is 58.4 Å². The molecule has 144 valence electrons. The first-order valence-corrected chi connectivity index (χ1v) is 9.48. The summed E-state index contributed by atoms with van der Waals surface area (Å²) < 4.78 is 25.3. The maximum absolute atomic E-state index is 13.2. The van der Waals surface area contributed by atoms with Crippen LogP contribution in [0.4, 0.5) is 4.39 Å². The molecule has 9 heteroatoms. The summed E-state index contributed by atoms with van der Waals surface area (Å²) in [5.41, 5.74) is 1.49. The van der Waals surface area contributed by atoms with E-state index >= 15 is 0 Å². The summed E-state index contributed by atoms with van der Waals surface area (Å²) in [7, 11) is 0. The molecule has 3 aromatic heterocycles. The van der Waals surface area contributed by atoms with E-state index in [1.165, 1.54) is 23.5 Å². The zero-order valence-corrected chi connectivity index (χ0v) is 16.3. The maximum Gasteiger partial charge on any atom is 0.348 e. The highest BCUT2D eigenvalue weighted by Gasteiger charge is 2.19. The van der Waals surface area contributed by atoms with Crippen molar-refractivity contribution in [1.29, 1.82) is 0 Å². The number of rotatable bonds is 5. The zero-order chi connectivity index (χ0) is 19.8. The van der Waals surface area contributed by atoms with Crippen molar-refractivity contribution in [2.24, 2.45) is 0 Å². The summed E-state index contributed by atoms with van der Waals surface area (Å²) in [5, 5.41) is 9.17. The predicted molar refractivity (Wildman–Crippen MR) is 101 cm³/mol. The maximum atomic E-state index is 13.2. The molecule has 3 heterocycles. The van der Waals surface area contributed by atoms with Gasteiger partial charge in [-0.05, 0) is 37.3 Å². The lowest BCUT2D eigenvalue weighted by Crippen LogP contribution is -2.03. The van der Waals surface area contributed by atoms with Crippen LogP contribution in [0, 0.1) is 12.7 Å². The van der Waals surface area contributed by atoms with Gasteiger partial charge < -0.3 is 9.26 Å². The van der Waals surface area contributed by atoms with Gasteiger partial charge >= 0.3 is 5.97 Å². The van der Waals surface area contributed by atoms with Gasteiger partial charge in [0.25, 0.3) is 5.89 Å². The van der Waals surface area contributed by atoms with Gasteiger partial charge in [-0.2, -0.15) is 10.1 Å². The Balaban J connectivity index is 1.56. The predicted octanol–water partition coefficient (Wildman–Crippen LogP) is 4.40. The summed E-state index contributed by atoms with van der Waals surface area (Å²) in [6, 6.07) is 7.77. The number of esters is 1. The number of benzene rings is 1. The molecule has 0 fully saturated rings. The molecule has 0 aliphatic carbocycles. The molecule has 4 aromatic rings. The quantitative estimate of drug-likeness (QED) is 0.462. The number of nitrogens with zero attached hydrogens (tertiary/aromatic N) is 4. The Labute approximate surface area is 163 Å². The van der Waals surface area contributed by atoms with Crippen LogP contribution in [0.25, 0.3) is 15.9 Å². The van der Waals surface area contributed by atoms with Crippen molar-refractivity contribution in [1.82, 2.24) is 19.9 Å². The van der Waals surface area contributed by atoms with Gasteiger partial charge in [0.1, 0.15) is 15.5 Å². The molecule has 0 atom stereocenters. The van der Waals surface area contributed by atoms with Crippen molar-refractivity contribution in [2.45, 2.75) is 33.3 Å². The number of carbonyl (C=O) groups excluding carboxylic acids is 1. The molecule has 0 aliphatic heterocycles. The van der Waals surface area contributed by atoms with Gasteiger partial charge in [-0.15, -0.1) is 11.3 Å². The van der Waals surface area contributed by atoms with E-state index < -0.39 is 5.97 Å². The van der Waals surface area contributed by atoms with Gasteiger partial charge in [-0.25, -0.2) is 13.9 Å². The zero-order valence-electron chi connectivity index (χ0n) is 15.5. The number of hydrogen-bond donors (Lipinski definition) is 0. The highest BCUT2D eigenvalue weighted by molar-refractivity contribution is 7.20. The normalized spacial score (nSPS) is 11.5. The van der Waals surface area contributed by atoms with Crippen molar-refractivity contribution in [3.8, 4) is 5.69 Å². The Morgan fingerprint density at radius 1 is 1.32 bits per heavy atom. The highest BCUT2D eigenvalue weighted by Crippen LogP contribution is 2.31. The van der Waals surface area contributed by atoms with Crippen LogP contribution in [-0.2, 0) is 11.3 Å². The van der Waals surface area contributed by atoms with Crippen molar-refractivity contribution < 1.29 is 18.4 Å². The van der Waals surface area contributed by atoms with Crippen LogP contribution in [0.15, 0.2) is 34.9 Å². The standard InChI is InChI=1S/C19H17FN4O3S/c1-10(2)17-21-16(27-23-17)9-26-19(25)15-8-14-11(3)22-24(18(14)28-15)13-6-4-12(20)5-7-13/h4-8,10H,9H2,1-3H3. The Morgan fingerprint density at radius 3 is 2.75 bits per heavy atom. The molecule has 7 nitrogen and oxygen atoms in total. The van der Waals surface area contributed by atoms with E-state index in [4.69, 9.17) is 9.26 Å². The van der Waals surface area contributed by atoms with Gasteiger partial charge in [0.2, 0.25) is 0 Å². The first-order valence-electron chi connectivity index (χ1n) is 8.67. The van der Waals surface area contributed by atoms with Gasteiger partial charge in [0.05, 0.1) is 11.4 Å². The van der Waals surface area contributed by atoms with Crippen molar-refractivity contribution >= 4 is 27.5 Å². The summed E-state index contributed by atoms with van der Waals surface area (Å²) in [6.45, 7) is 5.67. The smallest absolute Gasteiger partial charge is 0.348 e. The number of aryl methyl sites for hydroxylation is 1. The average Bonchev–Trinajstić information content (AvgIpc) is 3.37. The number of aromatic nitrogens is 4. The first-order chi connectivity index (χ1) is 13.4. The Morgan fingerprint density at radius 2 is 2.07 bits per heavy atom. The third-order valence-corrected chi connectivity index (χ3v) is 5.23. The lowest BCUT2D eigenvalue weighted by Gasteiger charge is -2.02. The van der Waals surface area contributed by atoms with Gasteiger partial charge in [-0.3, -0.25) is 0 Å². The fourth-order valence-electron chi connectivity index (χ4n) is 2.66. The second-order valence-electron chi connectivity index (χ2n) is 6.58. The van der Waals surface area contributed by atoms with Crippen molar-refractivity contribution in [3.63, 3.8) is 0 Å². The summed E-state index contributed by atoms with van der Waals surface area (Å²) in [6.07, 6.45) is 0. The summed E-state index contributed by atoms with van der Waals surface area (Å²) in [4.78, 5) is 17.9. The van der Waals surface area contributed by atoms with Crippen LogP contribution in [-0.4, -0.2) is 25.9 Å². The molecular formula is C19H17FN4O3S. The molecule has 4 rings (SSSR count). The van der Waals surface area contributed by atoms with Gasteiger partial charge in [0, 0.05) is 11.3 Å². The second-order valence-corrected chi connectivity index (χ2v) is 7.61. The first kappa shape index (κ1) is 18.3. The molecule has 0 radical (unpaired) electrons. The van der Waals surface area contributed by atoms with Gasteiger partial charge in [0.15, 0.2) is 12.4 Å². The molecule has 1 aromatic carbocycles. The number of carbonyl (C=O) groups is 1. The molecular weight excluding hydrogens is 383 g/mol.